The second-order valence-corrected chi connectivity index (χ2v) is 3.84. The van der Waals surface area contributed by atoms with Crippen LogP contribution in [-0.2, 0) is 0 Å². The van der Waals surface area contributed by atoms with Gasteiger partial charge in [0.25, 0.3) is 5.91 Å². The Kier molecular flexibility index (Phi) is 3.91. The normalized spacial score (nSPS) is 9.65. The number of halogens is 1. The van der Waals surface area contributed by atoms with Gasteiger partial charge in [0, 0.05) is 6.07 Å². The number of methoxy groups -OCH3 is 1. The lowest BCUT2D eigenvalue weighted by atomic mass is 10.2. The van der Waals surface area contributed by atoms with Crippen molar-refractivity contribution in [2.45, 2.75) is 0 Å². The van der Waals surface area contributed by atoms with Gasteiger partial charge in [-0.15, -0.1) is 0 Å². The maximum Gasteiger partial charge on any atom is 0.274 e. The van der Waals surface area contributed by atoms with Gasteiger partial charge in [-0.3, -0.25) is 4.79 Å². The average Bonchev–Trinajstić information content (AvgIpc) is 2.48. The molecule has 1 N–H and O–H groups in total. The fourth-order valence-corrected chi connectivity index (χ4v) is 1.56. The first-order chi connectivity index (χ1) is 9.63. The molecule has 0 unspecified atom stereocenters. The van der Waals surface area contributed by atoms with Crippen LogP contribution >= 0.6 is 0 Å². The molecule has 0 bridgehead atoms. The van der Waals surface area contributed by atoms with Crippen molar-refractivity contribution in [3.05, 3.63) is 53.6 Å². The van der Waals surface area contributed by atoms with Crippen LogP contribution in [0.2, 0.25) is 0 Å². The highest BCUT2D eigenvalue weighted by Gasteiger charge is 2.11. The van der Waals surface area contributed by atoms with E-state index in [2.05, 4.69) is 10.3 Å². The van der Waals surface area contributed by atoms with Crippen LogP contribution in [0.15, 0.2) is 36.5 Å². The number of rotatable bonds is 3. The predicted molar refractivity (Wildman–Crippen MR) is 69.9 cm³/mol. The number of aromatic nitrogens is 1. The van der Waals surface area contributed by atoms with Gasteiger partial charge in [-0.05, 0) is 24.3 Å². The number of ether oxygens (including phenoxy) is 1. The van der Waals surface area contributed by atoms with Gasteiger partial charge in [-0.2, -0.15) is 5.26 Å². The van der Waals surface area contributed by atoms with Crippen LogP contribution in [0.1, 0.15) is 16.1 Å². The number of hydrogen-bond donors (Lipinski definition) is 1. The summed E-state index contributed by atoms with van der Waals surface area (Å²) in [7, 11) is 1.43. The minimum atomic E-state index is -0.516. The van der Waals surface area contributed by atoms with E-state index in [9.17, 15) is 9.18 Å². The summed E-state index contributed by atoms with van der Waals surface area (Å²) >= 11 is 0. The zero-order chi connectivity index (χ0) is 14.5. The van der Waals surface area contributed by atoms with Crippen molar-refractivity contribution in [1.29, 1.82) is 5.26 Å². The minimum absolute atomic E-state index is 0.0813. The van der Waals surface area contributed by atoms with Gasteiger partial charge < -0.3 is 10.1 Å². The number of carbonyl (C=O) groups is 1. The van der Waals surface area contributed by atoms with E-state index in [1.807, 2.05) is 6.07 Å². The van der Waals surface area contributed by atoms with Crippen LogP contribution in [0.3, 0.4) is 0 Å². The number of carbonyl (C=O) groups excluding carboxylic acids is 1. The van der Waals surface area contributed by atoms with E-state index in [0.29, 0.717) is 17.0 Å². The number of amides is 1. The lowest BCUT2D eigenvalue weighted by Crippen LogP contribution is -2.14. The molecule has 0 saturated heterocycles. The molecular weight excluding hydrogens is 261 g/mol. The van der Waals surface area contributed by atoms with E-state index >= 15 is 0 Å². The van der Waals surface area contributed by atoms with E-state index in [0.717, 1.165) is 12.3 Å². The first kappa shape index (κ1) is 13.5. The zero-order valence-electron chi connectivity index (χ0n) is 10.6. The molecule has 2 aromatic rings. The molecule has 1 aromatic carbocycles. The van der Waals surface area contributed by atoms with E-state index in [-0.39, 0.29) is 5.69 Å². The molecule has 0 aliphatic rings. The van der Waals surface area contributed by atoms with Crippen molar-refractivity contribution in [2.75, 3.05) is 12.4 Å². The Morgan fingerprint density at radius 1 is 1.40 bits per heavy atom. The summed E-state index contributed by atoms with van der Waals surface area (Å²) in [5.41, 5.74) is 0.903. The standard InChI is InChI=1S/C14H10FN3O2/c1-20-13-6-9(7-16)2-4-11(13)18-14(19)12-5-3-10(15)8-17-12/h2-6,8H,1H3,(H,18,19). The molecule has 0 aliphatic carbocycles. The van der Waals surface area contributed by atoms with Gasteiger partial charge in [0.05, 0.1) is 30.6 Å². The first-order valence-corrected chi connectivity index (χ1v) is 5.65. The number of nitrogens with one attached hydrogen (secondary N) is 1. The molecular formula is C14H10FN3O2. The van der Waals surface area contributed by atoms with E-state index in [1.165, 1.54) is 19.2 Å². The Hall–Kier alpha value is -2.94. The Labute approximate surface area is 114 Å². The highest BCUT2D eigenvalue weighted by atomic mass is 19.1. The van der Waals surface area contributed by atoms with Gasteiger partial charge in [0.2, 0.25) is 0 Å². The molecule has 0 fully saturated rings. The van der Waals surface area contributed by atoms with Crippen LogP contribution in [-0.4, -0.2) is 18.0 Å². The lowest BCUT2D eigenvalue weighted by Gasteiger charge is -2.10. The highest BCUT2D eigenvalue weighted by molar-refractivity contribution is 6.03. The van der Waals surface area contributed by atoms with Gasteiger partial charge >= 0.3 is 0 Å². The molecule has 0 saturated carbocycles. The largest absolute Gasteiger partial charge is 0.495 e. The van der Waals surface area contributed by atoms with Crippen LogP contribution in [0.4, 0.5) is 10.1 Å². The number of pyridine rings is 1. The summed E-state index contributed by atoms with van der Waals surface area (Å²) in [4.78, 5) is 15.6. The second kappa shape index (κ2) is 5.80. The fourth-order valence-electron chi connectivity index (χ4n) is 1.56. The van der Waals surface area contributed by atoms with Gasteiger partial charge in [-0.1, -0.05) is 0 Å². The van der Waals surface area contributed by atoms with Crippen molar-refractivity contribution in [3.63, 3.8) is 0 Å². The third kappa shape index (κ3) is 2.90. The molecule has 100 valence electrons. The van der Waals surface area contributed by atoms with Crippen molar-refractivity contribution < 1.29 is 13.9 Å². The molecule has 0 aliphatic heterocycles. The molecule has 2 rings (SSSR count). The quantitative estimate of drug-likeness (QED) is 0.929. The predicted octanol–water partition coefficient (Wildman–Crippen LogP) is 2.35. The summed E-state index contributed by atoms with van der Waals surface area (Å²) in [5, 5.41) is 11.4. The van der Waals surface area contributed by atoms with Gasteiger partial charge in [-0.25, -0.2) is 9.37 Å². The first-order valence-electron chi connectivity index (χ1n) is 5.65. The monoisotopic (exact) mass is 271 g/mol. The molecule has 20 heavy (non-hydrogen) atoms. The number of nitriles is 1. The van der Waals surface area contributed by atoms with Gasteiger partial charge in [0.1, 0.15) is 17.3 Å². The second-order valence-electron chi connectivity index (χ2n) is 3.84. The Morgan fingerprint density at radius 3 is 2.80 bits per heavy atom. The molecule has 5 nitrogen and oxygen atoms in total. The molecule has 1 amide bonds. The Morgan fingerprint density at radius 2 is 2.20 bits per heavy atom. The molecule has 1 aromatic heterocycles. The molecule has 1 heterocycles. The number of nitrogens with zero attached hydrogens (tertiary/aromatic N) is 2. The summed E-state index contributed by atoms with van der Waals surface area (Å²) < 4.78 is 17.8. The maximum atomic E-state index is 12.7. The van der Waals surface area contributed by atoms with Crippen molar-refractivity contribution >= 4 is 11.6 Å². The summed E-state index contributed by atoms with van der Waals surface area (Å²) in [5.74, 6) is -0.648. The highest BCUT2D eigenvalue weighted by Crippen LogP contribution is 2.25. The molecule has 0 radical (unpaired) electrons. The average molecular weight is 271 g/mol. The zero-order valence-corrected chi connectivity index (χ0v) is 10.6. The summed E-state index contributed by atoms with van der Waals surface area (Å²) in [6.07, 6.45) is 0.963. The van der Waals surface area contributed by atoms with Crippen molar-refractivity contribution in [1.82, 2.24) is 4.98 Å². The van der Waals surface area contributed by atoms with Gasteiger partial charge in [0.15, 0.2) is 0 Å². The summed E-state index contributed by atoms with van der Waals surface area (Å²) in [6.45, 7) is 0. The third-order valence-corrected chi connectivity index (χ3v) is 2.54. The van der Waals surface area contributed by atoms with E-state index < -0.39 is 11.7 Å². The smallest absolute Gasteiger partial charge is 0.274 e. The van der Waals surface area contributed by atoms with Crippen LogP contribution < -0.4 is 10.1 Å². The number of anilines is 1. The van der Waals surface area contributed by atoms with Crippen LogP contribution in [0.25, 0.3) is 0 Å². The number of hydrogen-bond acceptors (Lipinski definition) is 4. The third-order valence-electron chi connectivity index (χ3n) is 2.54. The Balaban J connectivity index is 2.23. The molecule has 0 spiro atoms. The van der Waals surface area contributed by atoms with E-state index in [4.69, 9.17) is 10.00 Å². The van der Waals surface area contributed by atoms with Crippen LogP contribution in [0.5, 0.6) is 5.75 Å². The molecule has 0 atom stereocenters. The van der Waals surface area contributed by atoms with Crippen molar-refractivity contribution in [3.8, 4) is 11.8 Å². The lowest BCUT2D eigenvalue weighted by molar-refractivity contribution is 0.102. The van der Waals surface area contributed by atoms with E-state index in [1.54, 1.807) is 12.1 Å². The molecule has 6 heteroatoms. The number of benzene rings is 1. The summed E-state index contributed by atoms with van der Waals surface area (Å²) in [6, 6.07) is 9.02. The topological polar surface area (TPSA) is 75.0 Å². The van der Waals surface area contributed by atoms with Crippen molar-refractivity contribution in [2.24, 2.45) is 0 Å². The fraction of sp³-hybridized carbons (Fsp3) is 0.0714. The maximum absolute atomic E-state index is 12.7. The van der Waals surface area contributed by atoms with Crippen LogP contribution in [0, 0.1) is 17.1 Å². The SMILES string of the molecule is COc1cc(C#N)ccc1NC(=O)c1ccc(F)cn1. The minimum Gasteiger partial charge on any atom is -0.495 e. The Bertz CT molecular complexity index is 678.